The molecule has 0 saturated carbocycles. The fraction of sp³-hybridized carbons (Fsp3) is 0.500. The van der Waals surface area contributed by atoms with Crippen LogP contribution in [0.25, 0.3) is 0 Å². The largest absolute Gasteiger partial charge is 0.335 e. The van der Waals surface area contributed by atoms with Crippen LogP contribution in [0.5, 0.6) is 0 Å². The van der Waals surface area contributed by atoms with Crippen LogP contribution in [0.4, 0.5) is 0 Å². The Hall–Kier alpha value is -1.62. The SMILES string of the molecule is CC(N)Cc1nccn1CCc1ccnn1C. The lowest BCUT2D eigenvalue weighted by atomic mass is 10.2. The first-order valence-electron chi connectivity index (χ1n) is 5.89. The summed E-state index contributed by atoms with van der Waals surface area (Å²) in [7, 11) is 1.96. The van der Waals surface area contributed by atoms with Gasteiger partial charge in [0.1, 0.15) is 5.82 Å². The standard InChI is InChI=1S/C12H19N5/c1-10(13)9-12-14-6-8-17(12)7-4-11-3-5-15-16(11)2/h3,5-6,8,10H,4,7,9,13H2,1-2H3. The maximum Gasteiger partial charge on any atom is 0.110 e. The van der Waals surface area contributed by atoms with Crippen LogP contribution in [0.15, 0.2) is 24.7 Å². The summed E-state index contributed by atoms with van der Waals surface area (Å²) >= 11 is 0. The van der Waals surface area contributed by atoms with Crippen molar-refractivity contribution < 1.29 is 0 Å². The van der Waals surface area contributed by atoms with Crippen molar-refractivity contribution in [2.24, 2.45) is 12.8 Å². The predicted octanol–water partition coefficient (Wildman–Crippen LogP) is 0.749. The maximum atomic E-state index is 5.80. The molecule has 0 amide bonds. The van der Waals surface area contributed by atoms with Crippen molar-refractivity contribution >= 4 is 0 Å². The summed E-state index contributed by atoms with van der Waals surface area (Å²) in [5.74, 6) is 1.06. The molecule has 5 heteroatoms. The van der Waals surface area contributed by atoms with Gasteiger partial charge in [0.2, 0.25) is 0 Å². The molecule has 1 atom stereocenters. The zero-order valence-electron chi connectivity index (χ0n) is 10.4. The molecule has 0 saturated heterocycles. The van der Waals surface area contributed by atoms with Gasteiger partial charge >= 0.3 is 0 Å². The quantitative estimate of drug-likeness (QED) is 0.829. The van der Waals surface area contributed by atoms with Crippen LogP contribution in [0.2, 0.25) is 0 Å². The first-order valence-corrected chi connectivity index (χ1v) is 5.89. The molecule has 0 aliphatic carbocycles. The Labute approximate surface area is 101 Å². The fourth-order valence-electron chi connectivity index (χ4n) is 1.90. The molecule has 1 unspecified atom stereocenters. The highest BCUT2D eigenvalue weighted by atomic mass is 15.3. The summed E-state index contributed by atoms with van der Waals surface area (Å²) in [6.45, 7) is 2.92. The van der Waals surface area contributed by atoms with Crippen molar-refractivity contribution in [2.75, 3.05) is 0 Å². The van der Waals surface area contributed by atoms with E-state index in [1.807, 2.05) is 43.3 Å². The van der Waals surface area contributed by atoms with Crippen LogP contribution in [0, 0.1) is 0 Å². The number of nitrogens with two attached hydrogens (primary N) is 1. The molecule has 2 N–H and O–H groups in total. The molecule has 0 radical (unpaired) electrons. The van der Waals surface area contributed by atoms with Crippen LogP contribution in [0.1, 0.15) is 18.4 Å². The minimum absolute atomic E-state index is 0.146. The number of imidazole rings is 1. The molecule has 2 aromatic rings. The lowest BCUT2D eigenvalue weighted by molar-refractivity contribution is 0.592. The van der Waals surface area contributed by atoms with E-state index >= 15 is 0 Å². The van der Waals surface area contributed by atoms with Crippen LogP contribution < -0.4 is 5.73 Å². The van der Waals surface area contributed by atoms with Gasteiger partial charge in [0.25, 0.3) is 0 Å². The normalized spacial score (nSPS) is 12.9. The average Bonchev–Trinajstić information content (AvgIpc) is 2.84. The van der Waals surface area contributed by atoms with E-state index in [1.54, 1.807) is 0 Å². The van der Waals surface area contributed by atoms with E-state index in [9.17, 15) is 0 Å². The smallest absolute Gasteiger partial charge is 0.110 e. The van der Waals surface area contributed by atoms with Gasteiger partial charge in [-0.2, -0.15) is 5.10 Å². The van der Waals surface area contributed by atoms with Gasteiger partial charge in [-0.1, -0.05) is 0 Å². The molecular weight excluding hydrogens is 214 g/mol. The van der Waals surface area contributed by atoms with Gasteiger partial charge in [-0.25, -0.2) is 4.98 Å². The van der Waals surface area contributed by atoms with E-state index in [2.05, 4.69) is 14.6 Å². The zero-order chi connectivity index (χ0) is 12.3. The Kier molecular flexibility index (Phi) is 3.58. The van der Waals surface area contributed by atoms with Gasteiger partial charge in [0, 0.05) is 56.8 Å². The number of aryl methyl sites for hydroxylation is 3. The summed E-state index contributed by atoms with van der Waals surface area (Å²) in [5, 5.41) is 4.16. The molecule has 5 nitrogen and oxygen atoms in total. The number of aromatic nitrogens is 4. The van der Waals surface area contributed by atoms with E-state index < -0.39 is 0 Å². The van der Waals surface area contributed by atoms with Gasteiger partial charge in [0.15, 0.2) is 0 Å². The second kappa shape index (κ2) is 5.14. The number of hydrogen-bond donors (Lipinski definition) is 1. The first kappa shape index (κ1) is 11.9. The lowest BCUT2D eigenvalue weighted by Gasteiger charge is -2.09. The van der Waals surface area contributed by atoms with E-state index in [-0.39, 0.29) is 6.04 Å². The molecule has 2 aromatic heterocycles. The van der Waals surface area contributed by atoms with E-state index in [0.717, 1.165) is 25.2 Å². The van der Waals surface area contributed by atoms with Crippen LogP contribution in [0.3, 0.4) is 0 Å². The molecule has 92 valence electrons. The second-order valence-electron chi connectivity index (χ2n) is 4.41. The third-order valence-corrected chi connectivity index (χ3v) is 2.84. The van der Waals surface area contributed by atoms with Crippen molar-refractivity contribution in [1.82, 2.24) is 19.3 Å². The third kappa shape index (κ3) is 2.94. The van der Waals surface area contributed by atoms with Gasteiger partial charge in [-0.3, -0.25) is 4.68 Å². The lowest BCUT2D eigenvalue weighted by Crippen LogP contribution is -2.21. The minimum Gasteiger partial charge on any atom is -0.335 e. The molecule has 0 bridgehead atoms. The third-order valence-electron chi connectivity index (χ3n) is 2.84. The van der Waals surface area contributed by atoms with Crippen LogP contribution >= 0.6 is 0 Å². The van der Waals surface area contributed by atoms with Gasteiger partial charge in [-0.05, 0) is 13.0 Å². The molecule has 0 spiro atoms. The molecule has 0 aliphatic rings. The molecule has 2 rings (SSSR count). The summed E-state index contributed by atoms with van der Waals surface area (Å²) in [6.07, 6.45) is 7.44. The van der Waals surface area contributed by atoms with Gasteiger partial charge < -0.3 is 10.3 Å². The zero-order valence-corrected chi connectivity index (χ0v) is 10.4. The van der Waals surface area contributed by atoms with Crippen molar-refractivity contribution in [1.29, 1.82) is 0 Å². The molecule has 2 heterocycles. The van der Waals surface area contributed by atoms with Gasteiger partial charge in [-0.15, -0.1) is 0 Å². The van der Waals surface area contributed by atoms with Gasteiger partial charge in [0.05, 0.1) is 0 Å². The highest BCUT2D eigenvalue weighted by Crippen LogP contribution is 2.05. The average molecular weight is 233 g/mol. The van der Waals surface area contributed by atoms with Crippen LogP contribution in [-0.2, 0) is 26.4 Å². The molecule has 17 heavy (non-hydrogen) atoms. The Bertz CT molecular complexity index is 469. The molecule has 0 aliphatic heterocycles. The van der Waals surface area contributed by atoms with E-state index in [4.69, 9.17) is 5.73 Å². The number of rotatable bonds is 5. The second-order valence-corrected chi connectivity index (χ2v) is 4.41. The Morgan fingerprint density at radius 2 is 2.24 bits per heavy atom. The minimum atomic E-state index is 0.146. The summed E-state index contributed by atoms with van der Waals surface area (Å²) in [4.78, 5) is 4.34. The van der Waals surface area contributed by atoms with E-state index in [1.165, 1.54) is 5.69 Å². The fourth-order valence-corrected chi connectivity index (χ4v) is 1.90. The highest BCUT2D eigenvalue weighted by Gasteiger charge is 2.06. The number of nitrogens with zero attached hydrogens (tertiary/aromatic N) is 4. The molecule has 0 fully saturated rings. The monoisotopic (exact) mass is 233 g/mol. The van der Waals surface area contributed by atoms with Crippen molar-refractivity contribution in [3.05, 3.63) is 36.2 Å². The predicted molar refractivity (Wildman–Crippen MR) is 66.5 cm³/mol. The van der Waals surface area contributed by atoms with Crippen molar-refractivity contribution in [2.45, 2.75) is 32.4 Å². The van der Waals surface area contributed by atoms with Crippen molar-refractivity contribution in [3.8, 4) is 0 Å². The first-order chi connectivity index (χ1) is 8.16. The topological polar surface area (TPSA) is 61.7 Å². The van der Waals surface area contributed by atoms with Crippen LogP contribution in [-0.4, -0.2) is 25.4 Å². The highest BCUT2D eigenvalue weighted by molar-refractivity contribution is 5.01. The molecule has 0 aromatic carbocycles. The maximum absolute atomic E-state index is 5.80. The Balaban J connectivity index is 1.99. The Morgan fingerprint density at radius 3 is 2.88 bits per heavy atom. The molecular formula is C12H19N5. The summed E-state index contributed by atoms with van der Waals surface area (Å²) in [5.41, 5.74) is 7.03. The number of hydrogen-bond acceptors (Lipinski definition) is 3. The summed E-state index contributed by atoms with van der Waals surface area (Å²) in [6, 6.07) is 2.19. The summed E-state index contributed by atoms with van der Waals surface area (Å²) < 4.78 is 4.07. The van der Waals surface area contributed by atoms with E-state index in [0.29, 0.717) is 0 Å². The Morgan fingerprint density at radius 1 is 1.41 bits per heavy atom. The van der Waals surface area contributed by atoms with Crippen molar-refractivity contribution in [3.63, 3.8) is 0 Å².